The maximum absolute atomic E-state index is 6.03. The van der Waals surface area contributed by atoms with Gasteiger partial charge >= 0.3 is 0 Å². The summed E-state index contributed by atoms with van der Waals surface area (Å²) in [7, 11) is 0. The Balaban J connectivity index is 1.91. The molecule has 0 fully saturated rings. The molecule has 6 heteroatoms. The first kappa shape index (κ1) is 12.7. The van der Waals surface area contributed by atoms with Gasteiger partial charge in [-0.25, -0.2) is 4.68 Å². The van der Waals surface area contributed by atoms with E-state index in [9.17, 15) is 0 Å². The number of nitrogen functional groups attached to an aromatic ring is 1. The molecule has 2 aromatic rings. The van der Waals surface area contributed by atoms with Crippen molar-refractivity contribution in [2.45, 2.75) is 26.8 Å². The molecule has 0 saturated heterocycles. The van der Waals surface area contributed by atoms with Gasteiger partial charge in [0.05, 0.1) is 5.69 Å². The highest BCUT2D eigenvalue weighted by Crippen LogP contribution is 2.38. The fourth-order valence-electron chi connectivity index (χ4n) is 2.10. The van der Waals surface area contributed by atoms with Crippen molar-refractivity contribution in [2.24, 2.45) is 0 Å². The predicted octanol–water partition coefficient (Wildman–Crippen LogP) is 2.70. The summed E-state index contributed by atoms with van der Waals surface area (Å²) in [5.41, 5.74) is 7.37. The Morgan fingerprint density at radius 3 is 2.95 bits per heavy atom. The van der Waals surface area contributed by atoms with E-state index >= 15 is 0 Å². The van der Waals surface area contributed by atoms with E-state index in [-0.39, 0.29) is 6.79 Å². The van der Waals surface area contributed by atoms with Crippen molar-refractivity contribution in [1.82, 2.24) is 9.78 Å². The second kappa shape index (κ2) is 4.96. The zero-order valence-corrected chi connectivity index (χ0v) is 11.5. The molecule has 0 saturated carbocycles. The van der Waals surface area contributed by atoms with Crippen LogP contribution in [0.15, 0.2) is 18.2 Å². The molecular weight excluding hydrogens is 258 g/mol. The number of aryl methyl sites for hydroxylation is 2. The average molecular weight is 275 g/mol. The van der Waals surface area contributed by atoms with Gasteiger partial charge in [0.25, 0.3) is 0 Å². The molecule has 2 heterocycles. The van der Waals surface area contributed by atoms with Gasteiger partial charge < -0.3 is 19.9 Å². The Morgan fingerprint density at radius 1 is 1.35 bits per heavy atom. The monoisotopic (exact) mass is 275 g/mol. The Morgan fingerprint density at radius 2 is 2.15 bits per heavy atom. The van der Waals surface area contributed by atoms with Gasteiger partial charge in [-0.1, -0.05) is 6.92 Å². The van der Waals surface area contributed by atoms with Crippen molar-refractivity contribution >= 4 is 5.69 Å². The normalized spacial score (nSPS) is 12.7. The SMILES string of the molecule is CCCn1nc(C)c(N)c1Oc1ccc2c(c1)OCO2. The van der Waals surface area contributed by atoms with Gasteiger partial charge in [0.1, 0.15) is 11.4 Å². The van der Waals surface area contributed by atoms with E-state index in [0.717, 1.165) is 24.4 Å². The van der Waals surface area contributed by atoms with Crippen LogP contribution in [0.25, 0.3) is 0 Å². The zero-order chi connectivity index (χ0) is 14.1. The van der Waals surface area contributed by atoms with Crippen LogP contribution in [0.1, 0.15) is 19.0 Å². The molecule has 0 atom stereocenters. The molecule has 6 nitrogen and oxygen atoms in total. The number of ether oxygens (including phenoxy) is 3. The summed E-state index contributed by atoms with van der Waals surface area (Å²) in [5, 5.41) is 4.38. The fraction of sp³-hybridized carbons (Fsp3) is 0.357. The zero-order valence-electron chi connectivity index (χ0n) is 11.5. The lowest BCUT2D eigenvalue weighted by atomic mass is 10.3. The van der Waals surface area contributed by atoms with Crippen LogP contribution in [0.3, 0.4) is 0 Å². The second-order valence-corrected chi connectivity index (χ2v) is 4.64. The molecule has 1 aliphatic heterocycles. The van der Waals surface area contributed by atoms with Crippen molar-refractivity contribution < 1.29 is 14.2 Å². The topological polar surface area (TPSA) is 71.5 Å². The molecule has 1 aliphatic rings. The molecule has 20 heavy (non-hydrogen) atoms. The van der Waals surface area contributed by atoms with Crippen LogP contribution in [0, 0.1) is 6.92 Å². The van der Waals surface area contributed by atoms with Crippen LogP contribution >= 0.6 is 0 Å². The van der Waals surface area contributed by atoms with Crippen LogP contribution < -0.4 is 19.9 Å². The van der Waals surface area contributed by atoms with E-state index in [4.69, 9.17) is 19.9 Å². The summed E-state index contributed by atoms with van der Waals surface area (Å²) in [6.45, 7) is 4.96. The van der Waals surface area contributed by atoms with Gasteiger partial charge in [0.2, 0.25) is 12.7 Å². The molecule has 1 aromatic carbocycles. The van der Waals surface area contributed by atoms with E-state index in [0.29, 0.717) is 23.1 Å². The molecule has 1 aromatic heterocycles. The second-order valence-electron chi connectivity index (χ2n) is 4.64. The van der Waals surface area contributed by atoms with Crippen molar-refractivity contribution in [2.75, 3.05) is 12.5 Å². The quantitative estimate of drug-likeness (QED) is 0.928. The molecule has 2 N–H and O–H groups in total. The summed E-state index contributed by atoms with van der Waals surface area (Å²) in [4.78, 5) is 0. The molecule has 106 valence electrons. The molecule has 0 bridgehead atoms. The van der Waals surface area contributed by atoms with Gasteiger partial charge in [-0.3, -0.25) is 0 Å². The highest BCUT2D eigenvalue weighted by molar-refractivity contribution is 5.55. The van der Waals surface area contributed by atoms with Crippen molar-refractivity contribution in [3.8, 4) is 23.1 Å². The largest absolute Gasteiger partial charge is 0.454 e. The first-order valence-electron chi connectivity index (χ1n) is 6.59. The summed E-state index contributed by atoms with van der Waals surface area (Å²) >= 11 is 0. The van der Waals surface area contributed by atoms with Gasteiger partial charge in [0.15, 0.2) is 11.5 Å². The summed E-state index contributed by atoms with van der Waals surface area (Å²) < 4.78 is 18.3. The lowest BCUT2D eigenvalue weighted by Crippen LogP contribution is -2.02. The number of anilines is 1. The fourth-order valence-corrected chi connectivity index (χ4v) is 2.10. The van der Waals surface area contributed by atoms with Crippen LogP contribution in [-0.2, 0) is 6.54 Å². The summed E-state index contributed by atoms with van der Waals surface area (Å²) in [5.74, 6) is 2.63. The summed E-state index contributed by atoms with van der Waals surface area (Å²) in [6, 6.07) is 5.44. The van der Waals surface area contributed by atoms with Crippen molar-refractivity contribution in [3.05, 3.63) is 23.9 Å². The smallest absolute Gasteiger partial charge is 0.241 e. The van der Waals surface area contributed by atoms with Gasteiger partial charge in [0, 0.05) is 12.6 Å². The third-order valence-corrected chi connectivity index (χ3v) is 3.12. The molecule has 3 rings (SSSR count). The molecular formula is C14H17N3O3. The van der Waals surface area contributed by atoms with E-state index in [1.165, 1.54) is 0 Å². The lowest BCUT2D eigenvalue weighted by Gasteiger charge is -2.09. The Hall–Kier alpha value is -2.37. The van der Waals surface area contributed by atoms with Gasteiger partial charge in [-0.15, -0.1) is 0 Å². The number of rotatable bonds is 4. The lowest BCUT2D eigenvalue weighted by molar-refractivity contribution is 0.174. The van der Waals surface area contributed by atoms with Crippen molar-refractivity contribution in [1.29, 1.82) is 0 Å². The maximum Gasteiger partial charge on any atom is 0.241 e. The van der Waals surface area contributed by atoms with Gasteiger partial charge in [-0.2, -0.15) is 5.10 Å². The average Bonchev–Trinajstić information content (AvgIpc) is 2.99. The Kier molecular flexibility index (Phi) is 3.14. The van der Waals surface area contributed by atoms with E-state index in [1.807, 2.05) is 19.1 Å². The Bertz CT molecular complexity index is 637. The summed E-state index contributed by atoms with van der Waals surface area (Å²) in [6.07, 6.45) is 0.956. The minimum atomic E-state index is 0.244. The predicted molar refractivity (Wildman–Crippen MR) is 74.3 cm³/mol. The number of benzene rings is 1. The number of nitrogens with two attached hydrogens (primary N) is 1. The van der Waals surface area contributed by atoms with Crippen molar-refractivity contribution in [3.63, 3.8) is 0 Å². The molecule has 0 radical (unpaired) electrons. The minimum Gasteiger partial charge on any atom is -0.454 e. The van der Waals surface area contributed by atoms with Crippen LogP contribution in [0.2, 0.25) is 0 Å². The first-order chi connectivity index (χ1) is 9.69. The standard InChI is InChI=1S/C14H17N3O3/c1-3-6-17-14(13(15)9(2)16-17)20-10-4-5-11-12(7-10)19-8-18-11/h4-5,7H,3,6,8,15H2,1-2H3. The first-order valence-corrected chi connectivity index (χ1v) is 6.59. The van der Waals surface area contributed by atoms with Crippen LogP contribution in [0.5, 0.6) is 23.1 Å². The highest BCUT2D eigenvalue weighted by Gasteiger charge is 2.17. The highest BCUT2D eigenvalue weighted by atomic mass is 16.7. The van der Waals surface area contributed by atoms with Crippen LogP contribution in [-0.4, -0.2) is 16.6 Å². The van der Waals surface area contributed by atoms with Gasteiger partial charge in [-0.05, 0) is 25.5 Å². The molecule has 0 spiro atoms. The molecule has 0 aliphatic carbocycles. The van der Waals surface area contributed by atoms with E-state index in [1.54, 1.807) is 10.7 Å². The Labute approximate surface area is 117 Å². The van der Waals surface area contributed by atoms with Crippen LogP contribution in [0.4, 0.5) is 5.69 Å². The molecule has 0 amide bonds. The third kappa shape index (κ3) is 2.13. The number of hydrogen-bond donors (Lipinski definition) is 1. The maximum atomic E-state index is 6.03. The number of aromatic nitrogens is 2. The number of fused-ring (bicyclic) bond motifs is 1. The number of hydrogen-bond acceptors (Lipinski definition) is 5. The van der Waals surface area contributed by atoms with E-state index < -0.39 is 0 Å². The molecule has 0 unspecified atom stereocenters. The minimum absolute atomic E-state index is 0.244. The van der Waals surface area contributed by atoms with E-state index in [2.05, 4.69) is 12.0 Å². The third-order valence-electron chi connectivity index (χ3n) is 3.12. The number of nitrogens with zero attached hydrogens (tertiary/aromatic N) is 2.